The monoisotopic (exact) mass is 467 g/mol. The molecule has 0 bridgehead atoms. The molecule has 0 N–H and O–H groups in total. The minimum Gasteiger partial charge on any atom is -0.438 e. The van der Waals surface area contributed by atoms with Crippen molar-refractivity contribution in [3.63, 3.8) is 0 Å². The first-order valence-electron chi connectivity index (χ1n) is 8.88. The van der Waals surface area contributed by atoms with E-state index in [1.54, 1.807) is 0 Å². The van der Waals surface area contributed by atoms with Crippen LogP contribution in [0.2, 0.25) is 0 Å². The van der Waals surface area contributed by atoms with Crippen LogP contribution in [0, 0.1) is 5.82 Å². The molecule has 2 aromatic heterocycles. The third-order valence-electron chi connectivity index (χ3n) is 4.39. The highest BCUT2D eigenvalue weighted by Crippen LogP contribution is 2.29. The zero-order valence-corrected chi connectivity index (χ0v) is 17.0. The molecule has 0 fully saturated rings. The van der Waals surface area contributed by atoms with Gasteiger partial charge in [0, 0.05) is 13.1 Å². The fraction of sp³-hybridized carbons (Fsp3) is 0.105. The van der Waals surface area contributed by atoms with Crippen LogP contribution < -0.4 is 9.04 Å². The fourth-order valence-corrected chi connectivity index (χ4v) is 4.05. The van der Waals surface area contributed by atoms with Gasteiger partial charge in [-0.3, -0.25) is 4.31 Å². The van der Waals surface area contributed by atoms with Crippen molar-refractivity contribution in [1.29, 1.82) is 0 Å². The van der Waals surface area contributed by atoms with Crippen molar-refractivity contribution in [2.24, 2.45) is 0 Å². The Balaban J connectivity index is 1.57. The van der Waals surface area contributed by atoms with Crippen molar-refractivity contribution >= 4 is 21.4 Å². The molecule has 0 aliphatic heterocycles. The number of hydrogen-bond donors (Lipinski definition) is 0. The third kappa shape index (κ3) is 3.93. The number of sulfonamides is 1. The van der Waals surface area contributed by atoms with Gasteiger partial charge in [-0.15, -0.1) is 15.3 Å². The van der Waals surface area contributed by atoms with Crippen LogP contribution in [0.1, 0.15) is 5.82 Å². The fourth-order valence-electron chi connectivity index (χ4n) is 2.79. The van der Waals surface area contributed by atoms with Crippen LogP contribution in [0.3, 0.4) is 0 Å². The molecule has 8 nitrogen and oxygen atoms in total. The predicted octanol–water partition coefficient (Wildman–Crippen LogP) is 3.90. The lowest BCUT2D eigenvalue weighted by atomic mass is 10.3. The highest BCUT2D eigenvalue weighted by atomic mass is 32.2. The van der Waals surface area contributed by atoms with Crippen LogP contribution in [-0.2, 0) is 16.2 Å². The normalized spacial score (nSPS) is 12.2. The Morgan fingerprint density at radius 2 is 1.66 bits per heavy atom. The van der Waals surface area contributed by atoms with Crippen LogP contribution in [0.25, 0.3) is 5.65 Å². The summed E-state index contributed by atoms with van der Waals surface area (Å²) in [6.07, 6.45) is -4.75. The quantitative estimate of drug-likeness (QED) is 0.414. The van der Waals surface area contributed by atoms with E-state index in [2.05, 4.69) is 15.3 Å². The van der Waals surface area contributed by atoms with Crippen LogP contribution in [0.4, 0.5) is 23.2 Å². The molecule has 13 heteroatoms. The van der Waals surface area contributed by atoms with E-state index < -0.39 is 32.7 Å². The van der Waals surface area contributed by atoms with Crippen LogP contribution in [-0.4, -0.2) is 35.3 Å². The summed E-state index contributed by atoms with van der Waals surface area (Å²) < 4.78 is 85.2. The van der Waals surface area contributed by atoms with Crippen molar-refractivity contribution in [1.82, 2.24) is 19.8 Å². The molecule has 0 atom stereocenters. The SMILES string of the molecule is CN(c1ccc(Oc2ccc3nnc(C(F)(F)F)n3n2)cc1)S(=O)(=O)c1ccccc1F. The molecule has 0 spiro atoms. The van der Waals surface area contributed by atoms with E-state index in [1.165, 1.54) is 55.6 Å². The molecule has 166 valence electrons. The second-order valence-electron chi connectivity index (χ2n) is 6.46. The zero-order chi connectivity index (χ0) is 23.1. The Bertz CT molecular complexity index is 1390. The van der Waals surface area contributed by atoms with Gasteiger partial charge in [0.15, 0.2) is 5.65 Å². The molecule has 4 aromatic rings. The minimum absolute atomic E-state index is 0.111. The van der Waals surface area contributed by atoms with E-state index in [0.29, 0.717) is 4.52 Å². The van der Waals surface area contributed by atoms with Gasteiger partial charge in [0.1, 0.15) is 16.5 Å². The first-order valence-corrected chi connectivity index (χ1v) is 10.3. The lowest BCUT2D eigenvalue weighted by molar-refractivity contribution is -0.146. The van der Waals surface area contributed by atoms with E-state index in [4.69, 9.17) is 4.74 Å². The number of anilines is 1. The zero-order valence-electron chi connectivity index (χ0n) is 16.2. The summed E-state index contributed by atoms with van der Waals surface area (Å²) in [6, 6.07) is 13.1. The van der Waals surface area contributed by atoms with Crippen molar-refractivity contribution in [3.8, 4) is 11.6 Å². The second kappa shape index (κ2) is 7.75. The number of fused-ring (bicyclic) bond motifs is 1. The summed E-state index contributed by atoms with van der Waals surface area (Å²) in [5.41, 5.74) is 0.0992. The number of nitrogens with zero attached hydrogens (tertiary/aromatic N) is 5. The molecule has 0 saturated heterocycles. The number of alkyl halides is 3. The van der Waals surface area contributed by atoms with E-state index in [-0.39, 0.29) is 23.0 Å². The van der Waals surface area contributed by atoms with Gasteiger partial charge in [-0.2, -0.15) is 17.7 Å². The molecule has 2 heterocycles. The predicted molar refractivity (Wildman–Crippen MR) is 104 cm³/mol. The summed E-state index contributed by atoms with van der Waals surface area (Å²) in [4.78, 5) is -0.477. The Hall–Kier alpha value is -3.74. The first kappa shape index (κ1) is 21.5. The Labute approximate surface area is 178 Å². The number of rotatable bonds is 5. The number of ether oxygens (including phenoxy) is 1. The van der Waals surface area contributed by atoms with E-state index in [1.807, 2.05) is 0 Å². The van der Waals surface area contributed by atoms with Gasteiger partial charge in [-0.25, -0.2) is 12.8 Å². The van der Waals surface area contributed by atoms with Gasteiger partial charge in [0.05, 0.1) is 5.69 Å². The summed E-state index contributed by atoms with van der Waals surface area (Å²) in [7, 11) is -2.89. The van der Waals surface area contributed by atoms with Gasteiger partial charge in [0.2, 0.25) is 5.88 Å². The molecular weight excluding hydrogens is 454 g/mol. The Morgan fingerprint density at radius 1 is 0.969 bits per heavy atom. The highest BCUT2D eigenvalue weighted by molar-refractivity contribution is 7.92. The van der Waals surface area contributed by atoms with Gasteiger partial charge in [-0.1, -0.05) is 12.1 Å². The van der Waals surface area contributed by atoms with Crippen molar-refractivity contribution in [2.75, 3.05) is 11.4 Å². The second-order valence-corrected chi connectivity index (χ2v) is 8.40. The molecule has 0 radical (unpaired) electrons. The third-order valence-corrected chi connectivity index (χ3v) is 6.21. The number of halogens is 4. The number of hydrogen-bond acceptors (Lipinski definition) is 6. The molecule has 32 heavy (non-hydrogen) atoms. The highest BCUT2D eigenvalue weighted by Gasteiger charge is 2.37. The maximum Gasteiger partial charge on any atom is 0.453 e. The topological polar surface area (TPSA) is 89.7 Å². The Morgan fingerprint density at radius 3 is 2.31 bits per heavy atom. The maximum atomic E-state index is 13.9. The van der Waals surface area contributed by atoms with Crippen LogP contribution >= 0.6 is 0 Å². The Kier molecular flexibility index (Phi) is 5.20. The summed E-state index contributed by atoms with van der Waals surface area (Å²) in [5, 5.41) is 10.2. The molecule has 2 aromatic carbocycles. The molecular formula is C19H13F4N5O3S. The first-order chi connectivity index (χ1) is 15.1. The maximum absolute atomic E-state index is 13.9. The van der Waals surface area contributed by atoms with Crippen molar-refractivity contribution in [3.05, 3.63) is 72.3 Å². The van der Waals surface area contributed by atoms with Gasteiger partial charge in [-0.05, 0) is 42.5 Å². The van der Waals surface area contributed by atoms with Gasteiger partial charge >= 0.3 is 6.18 Å². The minimum atomic E-state index is -4.75. The molecule has 0 saturated carbocycles. The lowest BCUT2D eigenvalue weighted by Crippen LogP contribution is -2.27. The number of aromatic nitrogens is 4. The van der Waals surface area contributed by atoms with Crippen molar-refractivity contribution < 1.29 is 30.7 Å². The number of benzene rings is 2. The van der Waals surface area contributed by atoms with Crippen LogP contribution in [0.5, 0.6) is 11.6 Å². The van der Waals surface area contributed by atoms with E-state index in [9.17, 15) is 26.0 Å². The summed E-state index contributed by atoms with van der Waals surface area (Å²) >= 11 is 0. The van der Waals surface area contributed by atoms with Crippen molar-refractivity contribution in [2.45, 2.75) is 11.1 Å². The molecule has 0 amide bonds. The molecule has 0 unspecified atom stereocenters. The standard InChI is InChI=1S/C19H13F4N5O3S/c1-27(32(29,30)15-5-3-2-4-14(15)20)12-6-8-13(9-7-12)31-17-11-10-16-24-25-18(19(21,22)23)28(16)26-17/h2-11H,1H3. The van der Waals surface area contributed by atoms with Gasteiger partial charge < -0.3 is 4.74 Å². The molecule has 0 aliphatic carbocycles. The van der Waals surface area contributed by atoms with Gasteiger partial charge in [0.25, 0.3) is 15.8 Å². The molecule has 0 aliphatic rings. The average molecular weight is 467 g/mol. The molecule has 4 rings (SSSR count). The summed E-state index contributed by atoms with van der Waals surface area (Å²) in [5.74, 6) is -2.16. The van der Waals surface area contributed by atoms with E-state index >= 15 is 0 Å². The lowest BCUT2D eigenvalue weighted by Gasteiger charge is -2.20. The smallest absolute Gasteiger partial charge is 0.438 e. The van der Waals surface area contributed by atoms with E-state index in [0.717, 1.165) is 16.4 Å². The largest absolute Gasteiger partial charge is 0.453 e. The van der Waals surface area contributed by atoms with Crippen LogP contribution in [0.15, 0.2) is 65.6 Å². The average Bonchev–Trinajstić information content (AvgIpc) is 3.18. The summed E-state index contributed by atoms with van der Waals surface area (Å²) in [6.45, 7) is 0.